The van der Waals surface area contributed by atoms with Crippen molar-refractivity contribution in [3.63, 3.8) is 0 Å². The Morgan fingerprint density at radius 1 is 1.16 bits per heavy atom. The molecule has 0 unspecified atom stereocenters. The van der Waals surface area contributed by atoms with E-state index in [4.69, 9.17) is 4.74 Å². The number of methoxy groups -OCH3 is 1. The number of aromatic amines is 1. The molecule has 3 heterocycles. The predicted molar refractivity (Wildman–Crippen MR) is 153 cm³/mol. The van der Waals surface area contributed by atoms with Crippen LogP contribution in [0.1, 0.15) is 16.9 Å². The molecule has 5 rings (SSSR count). The van der Waals surface area contributed by atoms with E-state index in [9.17, 15) is 4.79 Å². The van der Waals surface area contributed by atoms with Crippen LogP contribution in [0.2, 0.25) is 0 Å². The Kier molecular flexibility index (Phi) is 7.78. The molecule has 1 atom stereocenters. The number of benzene rings is 1. The van der Waals surface area contributed by atoms with Gasteiger partial charge in [-0.15, -0.1) is 11.3 Å². The van der Waals surface area contributed by atoms with E-state index in [0.717, 1.165) is 78.1 Å². The molecule has 38 heavy (non-hydrogen) atoms. The van der Waals surface area contributed by atoms with Crippen LogP contribution in [0.25, 0.3) is 21.1 Å². The number of thiophene rings is 1. The number of hydrogen-bond donors (Lipinski definition) is 2. The Morgan fingerprint density at radius 3 is 2.76 bits per heavy atom. The van der Waals surface area contributed by atoms with E-state index in [1.165, 1.54) is 10.4 Å². The summed E-state index contributed by atoms with van der Waals surface area (Å²) in [7, 11) is 9.86. The second-order valence-corrected chi connectivity index (χ2v) is 11.4. The number of carbonyl (C=O) groups is 1. The standard InChI is InChI=1S/C27H36N8O2S/c1-33(2)8-9-34(3)10-11-35(4)27(36)17-6-7-19-23(13-17)38-26-24(19)25(28-16-29-26)31-21-12-18-15-30-32-20(18)14-22(21)37-5/h12,14-17H,6-11,13H2,1-5H3,(H,30,32)(H,28,29,31)/t17-/m0/s1. The van der Waals surface area contributed by atoms with Gasteiger partial charge < -0.3 is 24.8 Å². The van der Waals surface area contributed by atoms with Crippen LogP contribution in [0.5, 0.6) is 5.75 Å². The number of H-pyrrole nitrogens is 1. The zero-order valence-electron chi connectivity index (χ0n) is 22.7. The van der Waals surface area contributed by atoms with Crippen molar-refractivity contribution in [1.29, 1.82) is 0 Å². The van der Waals surface area contributed by atoms with Gasteiger partial charge in [0, 0.05) is 55.5 Å². The molecule has 0 aliphatic heterocycles. The quantitative estimate of drug-likeness (QED) is 0.318. The summed E-state index contributed by atoms with van der Waals surface area (Å²) in [6.45, 7) is 3.61. The smallest absolute Gasteiger partial charge is 0.225 e. The van der Waals surface area contributed by atoms with Gasteiger partial charge in [-0.05, 0) is 52.0 Å². The fourth-order valence-corrected chi connectivity index (χ4v) is 6.27. The molecule has 0 bridgehead atoms. The molecule has 4 aromatic rings. The summed E-state index contributed by atoms with van der Waals surface area (Å²) in [4.78, 5) is 31.0. The van der Waals surface area contributed by atoms with Gasteiger partial charge >= 0.3 is 0 Å². The van der Waals surface area contributed by atoms with Gasteiger partial charge in [0.15, 0.2) is 0 Å². The Morgan fingerprint density at radius 2 is 1.97 bits per heavy atom. The van der Waals surface area contributed by atoms with Gasteiger partial charge in [0.25, 0.3) is 0 Å². The van der Waals surface area contributed by atoms with E-state index in [0.29, 0.717) is 5.75 Å². The molecule has 11 heteroatoms. The second-order valence-electron chi connectivity index (χ2n) is 10.3. The molecule has 1 amide bonds. The summed E-state index contributed by atoms with van der Waals surface area (Å²) >= 11 is 1.68. The minimum atomic E-state index is 0.000559. The highest BCUT2D eigenvalue weighted by molar-refractivity contribution is 7.19. The van der Waals surface area contributed by atoms with Gasteiger partial charge in [0.2, 0.25) is 5.91 Å². The van der Waals surface area contributed by atoms with E-state index < -0.39 is 0 Å². The number of aryl methyl sites for hydroxylation is 1. The molecule has 0 saturated carbocycles. The zero-order valence-corrected chi connectivity index (χ0v) is 23.6. The van der Waals surface area contributed by atoms with Crippen molar-refractivity contribution in [3.8, 4) is 5.75 Å². The highest BCUT2D eigenvalue weighted by Crippen LogP contribution is 2.41. The third kappa shape index (κ3) is 5.45. The van der Waals surface area contributed by atoms with Crippen LogP contribution in [-0.2, 0) is 17.6 Å². The number of amides is 1. The molecule has 10 nitrogen and oxygen atoms in total. The van der Waals surface area contributed by atoms with Gasteiger partial charge in [0.05, 0.1) is 29.9 Å². The lowest BCUT2D eigenvalue weighted by molar-refractivity contribution is -0.134. The molecule has 0 saturated heterocycles. The lowest BCUT2D eigenvalue weighted by Crippen LogP contribution is -2.40. The van der Waals surface area contributed by atoms with Crippen LogP contribution >= 0.6 is 11.3 Å². The monoisotopic (exact) mass is 536 g/mol. The van der Waals surface area contributed by atoms with Crippen LogP contribution in [0.15, 0.2) is 24.7 Å². The summed E-state index contributed by atoms with van der Waals surface area (Å²) in [5, 5.41) is 12.6. The molecule has 1 aliphatic rings. The lowest BCUT2D eigenvalue weighted by atomic mass is 9.87. The molecule has 0 fully saturated rings. The van der Waals surface area contributed by atoms with Crippen LogP contribution in [0, 0.1) is 5.92 Å². The molecule has 3 aromatic heterocycles. The van der Waals surface area contributed by atoms with E-state index in [2.05, 4.69) is 56.4 Å². The molecule has 202 valence electrons. The van der Waals surface area contributed by atoms with Crippen molar-refractivity contribution in [2.24, 2.45) is 5.92 Å². The van der Waals surface area contributed by atoms with Gasteiger partial charge in [-0.1, -0.05) is 0 Å². The first-order valence-electron chi connectivity index (χ1n) is 13.0. The lowest BCUT2D eigenvalue weighted by Gasteiger charge is -2.28. The Balaban J connectivity index is 1.31. The minimum absolute atomic E-state index is 0.000559. The largest absolute Gasteiger partial charge is 0.494 e. The molecular weight excluding hydrogens is 500 g/mol. The highest BCUT2D eigenvalue weighted by atomic mass is 32.1. The fourth-order valence-electron chi connectivity index (χ4n) is 5.01. The Bertz CT molecular complexity index is 1430. The number of nitrogens with one attached hydrogen (secondary N) is 2. The van der Waals surface area contributed by atoms with Crippen LogP contribution in [-0.4, -0.2) is 102 Å². The molecule has 1 aliphatic carbocycles. The number of hydrogen-bond acceptors (Lipinski definition) is 9. The average Bonchev–Trinajstić information content (AvgIpc) is 3.53. The van der Waals surface area contributed by atoms with E-state index in [1.807, 2.05) is 24.1 Å². The molecule has 0 spiro atoms. The average molecular weight is 537 g/mol. The maximum absolute atomic E-state index is 13.3. The topological polar surface area (TPSA) is 103 Å². The first-order chi connectivity index (χ1) is 18.3. The van der Waals surface area contributed by atoms with E-state index in [1.54, 1.807) is 31.0 Å². The second kappa shape index (κ2) is 11.2. The summed E-state index contributed by atoms with van der Waals surface area (Å²) in [6, 6.07) is 3.94. The normalized spacial score (nSPS) is 15.4. The van der Waals surface area contributed by atoms with Crippen molar-refractivity contribution in [3.05, 3.63) is 35.1 Å². The van der Waals surface area contributed by atoms with E-state index >= 15 is 0 Å². The van der Waals surface area contributed by atoms with Crippen molar-refractivity contribution in [2.75, 3.05) is 66.8 Å². The number of rotatable bonds is 10. The van der Waals surface area contributed by atoms with Crippen molar-refractivity contribution in [1.82, 2.24) is 34.9 Å². The highest BCUT2D eigenvalue weighted by Gasteiger charge is 2.30. The zero-order chi connectivity index (χ0) is 26.8. The molecule has 1 aromatic carbocycles. The third-order valence-electron chi connectivity index (χ3n) is 7.33. The third-order valence-corrected chi connectivity index (χ3v) is 8.49. The van der Waals surface area contributed by atoms with Crippen molar-refractivity contribution >= 4 is 49.9 Å². The number of carbonyl (C=O) groups excluding carboxylic acids is 1. The Hall–Kier alpha value is -3.28. The SMILES string of the molecule is COc1cc2[nH]ncc2cc1Nc1ncnc2sc3c(c12)CC[C@H](C(=O)N(C)CCN(C)CCN(C)C)C3. The number of fused-ring (bicyclic) bond motifs is 4. The number of nitrogens with zero attached hydrogens (tertiary/aromatic N) is 6. The fraction of sp³-hybridized carbons (Fsp3) is 0.481. The first-order valence-corrected chi connectivity index (χ1v) is 13.8. The number of anilines is 2. The number of aromatic nitrogens is 4. The molecule has 0 radical (unpaired) electrons. The Labute approximate surface area is 227 Å². The summed E-state index contributed by atoms with van der Waals surface area (Å²) in [5.74, 6) is 1.70. The maximum Gasteiger partial charge on any atom is 0.225 e. The number of ether oxygens (including phenoxy) is 1. The molecule has 2 N–H and O–H groups in total. The van der Waals surface area contributed by atoms with Gasteiger partial charge in [-0.2, -0.15) is 5.10 Å². The van der Waals surface area contributed by atoms with E-state index in [-0.39, 0.29) is 11.8 Å². The summed E-state index contributed by atoms with van der Waals surface area (Å²) in [6.07, 6.45) is 5.80. The maximum atomic E-state index is 13.3. The van der Waals surface area contributed by atoms with Crippen LogP contribution in [0.3, 0.4) is 0 Å². The van der Waals surface area contributed by atoms with Crippen LogP contribution in [0.4, 0.5) is 11.5 Å². The van der Waals surface area contributed by atoms with Crippen molar-refractivity contribution in [2.45, 2.75) is 19.3 Å². The van der Waals surface area contributed by atoms with Gasteiger partial charge in [-0.3, -0.25) is 9.89 Å². The summed E-state index contributed by atoms with van der Waals surface area (Å²) in [5.41, 5.74) is 2.99. The number of likely N-dealkylation sites (N-methyl/N-ethyl adjacent to an activating group) is 3. The van der Waals surface area contributed by atoms with Gasteiger partial charge in [-0.25, -0.2) is 9.97 Å². The van der Waals surface area contributed by atoms with Crippen LogP contribution < -0.4 is 10.1 Å². The van der Waals surface area contributed by atoms with Crippen molar-refractivity contribution < 1.29 is 9.53 Å². The summed E-state index contributed by atoms with van der Waals surface area (Å²) < 4.78 is 5.62. The molecular formula is C27H36N8O2S. The predicted octanol–water partition coefficient (Wildman–Crippen LogP) is 3.38. The van der Waals surface area contributed by atoms with Gasteiger partial charge in [0.1, 0.15) is 22.7 Å². The minimum Gasteiger partial charge on any atom is -0.494 e. The first kappa shape index (κ1) is 26.3.